The maximum Gasteiger partial charge on any atom is 0.308 e. The Morgan fingerprint density at radius 1 is 0.818 bits per heavy atom. The third-order valence-electron chi connectivity index (χ3n) is 4.72. The van der Waals surface area contributed by atoms with Crippen molar-refractivity contribution >= 4 is 23.5 Å². The van der Waals surface area contributed by atoms with E-state index in [0.29, 0.717) is 28.3 Å². The zero-order valence-electron chi connectivity index (χ0n) is 18.5. The lowest BCUT2D eigenvalue weighted by Crippen LogP contribution is -2.24. The second-order valence-corrected chi connectivity index (χ2v) is 6.95. The number of para-hydroxylation sites is 1. The largest absolute Gasteiger partial charge is 0.496 e. The SMILES string of the molecule is COc1cccc(OC)c1C(=O)Nc1ccccc1CNC(=O)c1cccc(OC(C)=O)c1. The summed E-state index contributed by atoms with van der Waals surface area (Å²) in [7, 11) is 2.96. The van der Waals surface area contributed by atoms with Gasteiger partial charge in [-0.3, -0.25) is 14.4 Å². The van der Waals surface area contributed by atoms with E-state index in [9.17, 15) is 14.4 Å². The average molecular weight is 448 g/mol. The van der Waals surface area contributed by atoms with Crippen LogP contribution in [-0.4, -0.2) is 32.0 Å². The predicted octanol–water partition coefficient (Wildman–Crippen LogP) is 3.81. The van der Waals surface area contributed by atoms with E-state index in [0.717, 1.165) is 0 Å². The van der Waals surface area contributed by atoms with Crippen LogP contribution in [0.4, 0.5) is 5.69 Å². The Morgan fingerprint density at radius 2 is 1.48 bits per heavy atom. The highest BCUT2D eigenvalue weighted by Gasteiger charge is 2.19. The fraction of sp³-hybridized carbons (Fsp3) is 0.160. The molecule has 3 rings (SSSR count). The maximum atomic E-state index is 13.0. The number of nitrogens with one attached hydrogen (secondary N) is 2. The van der Waals surface area contributed by atoms with Gasteiger partial charge in [0.15, 0.2) is 0 Å². The second kappa shape index (κ2) is 10.8. The van der Waals surface area contributed by atoms with Crippen LogP contribution in [0, 0.1) is 0 Å². The van der Waals surface area contributed by atoms with Gasteiger partial charge in [-0.25, -0.2) is 0 Å². The lowest BCUT2D eigenvalue weighted by molar-refractivity contribution is -0.131. The standard InChI is InChI=1S/C25H24N2O6/c1-16(28)33-19-10-6-9-17(14-19)24(29)26-15-18-8-4-5-11-20(18)27-25(30)23-21(31-2)12-7-13-22(23)32-3/h4-14H,15H2,1-3H3,(H,26,29)(H,27,30). The molecule has 0 fully saturated rings. The summed E-state index contributed by atoms with van der Waals surface area (Å²) in [6.07, 6.45) is 0. The van der Waals surface area contributed by atoms with Gasteiger partial charge < -0.3 is 24.8 Å². The first-order chi connectivity index (χ1) is 15.9. The Morgan fingerprint density at radius 3 is 2.15 bits per heavy atom. The summed E-state index contributed by atoms with van der Waals surface area (Å²) in [4.78, 5) is 36.8. The first-order valence-corrected chi connectivity index (χ1v) is 10.1. The van der Waals surface area contributed by atoms with Crippen LogP contribution in [-0.2, 0) is 11.3 Å². The number of hydrogen-bond acceptors (Lipinski definition) is 6. The minimum Gasteiger partial charge on any atom is -0.496 e. The van der Waals surface area contributed by atoms with Crippen LogP contribution in [0.2, 0.25) is 0 Å². The van der Waals surface area contributed by atoms with Crippen LogP contribution in [0.25, 0.3) is 0 Å². The van der Waals surface area contributed by atoms with Crippen molar-refractivity contribution < 1.29 is 28.6 Å². The van der Waals surface area contributed by atoms with Crippen molar-refractivity contribution in [3.8, 4) is 17.2 Å². The van der Waals surface area contributed by atoms with Crippen LogP contribution in [0.1, 0.15) is 33.2 Å². The number of anilines is 1. The van der Waals surface area contributed by atoms with Crippen molar-refractivity contribution in [1.29, 1.82) is 0 Å². The first kappa shape index (κ1) is 23.3. The monoisotopic (exact) mass is 448 g/mol. The number of carbonyl (C=O) groups is 3. The minimum absolute atomic E-state index is 0.163. The molecule has 0 aliphatic heterocycles. The molecule has 0 bridgehead atoms. The Bertz CT molecular complexity index is 1150. The fourth-order valence-electron chi connectivity index (χ4n) is 3.20. The van der Waals surface area contributed by atoms with Gasteiger partial charge in [-0.05, 0) is 42.0 Å². The van der Waals surface area contributed by atoms with Crippen molar-refractivity contribution in [2.75, 3.05) is 19.5 Å². The predicted molar refractivity (Wildman–Crippen MR) is 123 cm³/mol. The van der Waals surface area contributed by atoms with Gasteiger partial charge in [-0.2, -0.15) is 0 Å². The van der Waals surface area contributed by atoms with Gasteiger partial charge in [0.05, 0.1) is 14.2 Å². The third-order valence-corrected chi connectivity index (χ3v) is 4.72. The van der Waals surface area contributed by atoms with Gasteiger partial charge in [-0.15, -0.1) is 0 Å². The van der Waals surface area contributed by atoms with Crippen molar-refractivity contribution in [3.63, 3.8) is 0 Å². The zero-order valence-corrected chi connectivity index (χ0v) is 18.5. The third kappa shape index (κ3) is 5.88. The number of amides is 2. The number of rotatable bonds is 8. The smallest absolute Gasteiger partial charge is 0.308 e. The molecule has 0 unspecified atom stereocenters. The molecule has 0 aliphatic carbocycles. The fourth-order valence-corrected chi connectivity index (χ4v) is 3.20. The van der Waals surface area contributed by atoms with Crippen molar-refractivity contribution in [2.24, 2.45) is 0 Å². The number of esters is 1. The second-order valence-electron chi connectivity index (χ2n) is 6.95. The summed E-state index contributed by atoms with van der Waals surface area (Å²) < 4.78 is 15.6. The van der Waals surface area contributed by atoms with E-state index >= 15 is 0 Å². The maximum absolute atomic E-state index is 13.0. The molecule has 0 aliphatic rings. The van der Waals surface area contributed by atoms with Crippen molar-refractivity contribution in [2.45, 2.75) is 13.5 Å². The van der Waals surface area contributed by atoms with E-state index in [2.05, 4.69) is 10.6 Å². The molecule has 2 amide bonds. The number of benzene rings is 3. The van der Waals surface area contributed by atoms with Gasteiger partial charge in [0.2, 0.25) is 0 Å². The molecule has 8 nitrogen and oxygen atoms in total. The number of carbonyl (C=O) groups excluding carboxylic acids is 3. The molecule has 0 saturated heterocycles. The molecule has 0 atom stereocenters. The molecule has 2 N–H and O–H groups in total. The summed E-state index contributed by atoms with van der Waals surface area (Å²) in [5.41, 5.74) is 1.84. The summed E-state index contributed by atoms with van der Waals surface area (Å²) in [5.74, 6) is -0.179. The molecule has 0 heterocycles. The van der Waals surface area contributed by atoms with Crippen LogP contribution >= 0.6 is 0 Å². The summed E-state index contributed by atoms with van der Waals surface area (Å²) in [6.45, 7) is 1.45. The molecule has 3 aromatic carbocycles. The van der Waals surface area contributed by atoms with E-state index in [1.165, 1.54) is 27.2 Å². The topological polar surface area (TPSA) is 103 Å². The van der Waals surface area contributed by atoms with E-state index in [-0.39, 0.29) is 23.8 Å². The van der Waals surface area contributed by atoms with E-state index in [1.807, 2.05) is 6.07 Å². The van der Waals surface area contributed by atoms with Crippen molar-refractivity contribution in [1.82, 2.24) is 5.32 Å². The molecule has 0 aromatic heterocycles. The molecule has 33 heavy (non-hydrogen) atoms. The Labute approximate surface area is 191 Å². The molecule has 0 saturated carbocycles. The van der Waals surface area contributed by atoms with Crippen LogP contribution in [0.5, 0.6) is 17.2 Å². The Hall–Kier alpha value is -4.33. The van der Waals surface area contributed by atoms with Crippen LogP contribution < -0.4 is 24.8 Å². The normalized spacial score (nSPS) is 10.2. The summed E-state index contributed by atoms with van der Waals surface area (Å²) in [5, 5.41) is 5.68. The average Bonchev–Trinajstić information content (AvgIpc) is 2.82. The molecule has 170 valence electrons. The molecule has 0 radical (unpaired) electrons. The first-order valence-electron chi connectivity index (χ1n) is 10.1. The molecule has 8 heteroatoms. The highest BCUT2D eigenvalue weighted by molar-refractivity contribution is 6.08. The summed E-state index contributed by atoms with van der Waals surface area (Å²) >= 11 is 0. The lowest BCUT2D eigenvalue weighted by atomic mass is 10.1. The molecular formula is C25H24N2O6. The molecular weight excluding hydrogens is 424 g/mol. The van der Waals surface area contributed by atoms with Gasteiger partial charge in [0, 0.05) is 24.7 Å². The van der Waals surface area contributed by atoms with Crippen LogP contribution in [0.3, 0.4) is 0 Å². The highest BCUT2D eigenvalue weighted by Crippen LogP contribution is 2.29. The molecule has 3 aromatic rings. The molecule has 0 spiro atoms. The highest BCUT2D eigenvalue weighted by atomic mass is 16.5. The lowest BCUT2D eigenvalue weighted by Gasteiger charge is -2.15. The zero-order chi connectivity index (χ0) is 23.8. The number of methoxy groups -OCH3 is 2. The van der Waals surface area contributed by atoms with E-state index in [4.69, 9.17) is 14.2 Å². The Kier molecular flexibility index (Phi) is 7.64. The van der Waals surface area contributed by atoms with Gasteiger partial charge in [-0.1, -0.05) is 30.3 Å². The summed E-state index contributed by atoms with van der Waals surface area (Å²) in [6, 6.07) is 18.5. The van der Waals surface area contributed by atoms with Gasteiger partial charge in [0.1, 0.15) is 22.8 Å². The number of ether oxygens (including phenoxy) is 3. The Balaban J connectivity index is 1.75. The minimum atomic E-state index is -0.469. The van der Waals surface area contributed by atoms with Crippen molar-refractivity contribution in [3.05, 3.63) is 83.4 Å². The van der Waals surface area contributed by atoms with Gasteiger partial charge >= 0.3 is 5.97 Å². The number of hydrogen-bond donors (Lipinski definition) is 2. The van der Waals surface area contributed by atoms with Crippen LogP contribution in [0.15, 0.2) is 66.7 Å². The van der Waals surface area contributed by atoms with E-state index in [1.54, 1.807) is 54.6 Å². The quantitative estimate of drug-likeness (QED) is 0.401. The van der Waals surface area contributed by atoms with Gasteiger partial charge in [0.25, 0.3) is 11.8 Å². The van der Waals surface area contributed by atoms with E-state index < -0.39 is 11.9 Å².